The van der Waals surface area contributed by atoms with E-state index in [1.165, 1.54) is 6.92 Å². The van der Waals surface area contributed by atoms with Crippen LogP contribution in [0.5, 0.6) is 0 Å². The van der Waals surface area contributed by atoms with Crippen LogP contribution in [0.1, 0.15) is 30.0 Å². The van der Waals surface area contributed by atoms with Gasteiger partial charge >= 0.3 is 12.1 Å². The summed E-state index contributed by atoms with van der Waals surface area (Å²) in [5, 5.41) is 6.22. The highest BCUT2D eigenvalue weighted by Gasteiger charge is 2.38. The minimum Gasteiger partial charge on any atom is -0.345 e. The van der Waals surface area contributed by atoms with Gasteiger partial charge in [-0.25, -0.2) is 0 Å². The highest BCUT2D eigenvalue weighted by molar-refractivity contribution is 5.74. The molecule has 0 saturated carbocycles. The number of carbonyl (C=O) groups is 1. The molecule has 134 valence electrons. The summed E-state index contributed by atoms with van der Waals surface area (Å²) in [7, 11) is 0. The molecule has 1 N–H and O–H groups in total. The van der Waals surface area contributed by atoms with Crippen molar-refractivity contribution in [1.29, 1.82) is 0 Å². The van der Waals surface area contributed by atoms with Gasteiger partial charge in [0.1, 0.15) is 0 Å². The first kappa shape index (κ1) is 17.7. The van der Waals surface area contributed by atoms with E-state index in [1.54, 1.807) is 24.3 Å². The number of aromatic nitrogens is 2. The Morgan fingerprint density at radius 3 is 2.19 bits per heavy atom. The largest absolute Gasteiger partial charge is 0.471 e. The van der Waals surface area contributed by atoms with Gasteiger partial charge in [-0.1, -0.05) is 59.8 Å². The Balaban J connectivity index is 1.89. The Bertz CT molecular complexity index is 890. The number of halogens is 3. The van der Waals surface area contributed by atoms with Gasteiger partial charge in [-0.2, -0.15) is 18.2 Å². The first-order chi connectivity index (χ1) is 12.3. The number of amides is 1. The maximum Gasteiger partial charge on any atom is 0.471 e. The number of nitrogens with one attached hydrogen (secondary N) is 1. The van der Waals surface area contributed by atoms with Crippen LogP contribution >= 0.6 is 0 Å². The lowest BCUT2D eigenvalue weighted by molar-refractivity contribution is -0.159. The molecule has 1 atom stereocenters. The minimum absolute atomic E-state index is 0.153. The molecule has 0 saturated heterocycles. The summed E-state index contributed by atoms with van der Waals surface area (Å²) >= 11 is 0. The predicted octanol–water partition coefficient (Wildman–Crippen LogP) is 3.98. The molecular formula is C18H14F3N3O2. The van der Waals surface area contributed by atoms with Crippen LogP contribution in [0.4, 0.5) is 13.2 Å². The lowest BCUT2D eigenvalue weighted by Gasteiger charge is -2.19. The minimum atomic E-state index is -4.69. The Kier molecular flexibility index (Phi) is 4.75. The number of hydrogen-bond donors (Lipinski definition) is 1. The molecule has 2 aromatic carbocycles. The molecule has 8 heteroatoms. The fraction of sp³-hybridized carbons (Fsp3) is 0.167. The standard InChI is InChI=1S/C18H14F3N3O2/c1-11(25)22-15(12-5-3-2-4-6-12)13-7-9-14(10-8-13)16-23-17(26-24-16)18(19,20)21/h2-10,15H,1H3,(H,22,25). The second-order valence-corrected chi connectivity index (χ2v) is 5.59. The molecule has 0 radical (unpaired) electrons. The van der Waals surface area contributed by atoms with E-state index in [0.717, 1.165) is 11.1 Å². The van der Waals surface area contributed by atoms with Crippen molar-refractivity contribution in [1.82, 2.24) is 15.5 Å². The van der Waals surface area contributed by atoms with Crippen molar-refractivity contribution in [2.45, 2.75) is 19.1 Å². The van der Waals surface area contributed by atoms with Crippen molar-refractivity contribution in [3.63, 3.8) is 0 Å². The van der Waals surface area contributed by atoms with E-state index in [-0.39, 0.29) is 17.8 Å². The number of alkyl halides is 3. The van der Waals surface area contributed by atoms with E-state index < -0.39 is 12.1 Å². The van der Waals surface area contributed by atoms with Gasteiger partial charge in [0.2, 0.25) is 11.7 Å². The monoisotopic (exact) mass is 361 g/mol. The van der Waals surface area contributed by atoms with E-state index in [1.807, 2.05) is 30.3 Å². The number of nitrogens with zero attached hydrogens (tertiary/aromatic N) is 2. The summed E-state index contributed by atoms with van der Waals surface area (Å²) in [6, 6.07) is 15.5. The van der Waals surface area contributed by atoms with Crippen molar-refractivity contribution >= 4 is 5.91 Å². The summed E-state index contributed by atoms with van der Waals surface area (Å²) in [5.74, 6) is -1.74. The average Bonchev–Trinajstić information content (AvgIpc) is 3.11. The summed E-state index contributed by atoms with van der Waals surface area (Å²) in [5.41, 5.74) is 2.03. The normalized spacial score (nSPS) is 12.6. The van der Waals surface area contributed by atoms with Gasteiger partial charge < -0.3 is 9.84 Å². The van der Waals surface area contributed by atoms with Crippen LogP contribution in [0, 0.1) is 0 Å². The van der Waals surface area contributed by atoms with Crippen LogP contribution in [0.25, 0.3) is 11.4 Å². The van der Waals surface area contributed by atoms with E-state index in [9.17, 15) is 18.0 Å². The SMILES string of the molecule is CC(=O)NC(c1ccccc1)c1ccc(-c2noc(C(F)(F)F)n2)cc1. The zero-order valence-electron chi connectivity index (χ0n) is 13.6. The molecule has 0 aliphatic heterocycles. The average molecular weight is 361 g/mol. The molecule has 0 aliphatic carbocycles. The summed E-state index contributed by atoms with van der Waals surface area (Å²) in [6.07, 6.45) is -4.69. The molecule has 1 unspecified atom stereocenters. The van der Waals surface area contributed by atoms with Crippen molar-refractivity contribution < 1.29 is 22.5 Å². The Hall–Kier alpha value is -3.16. The van der Waals surface area contributed by atoms with Crippen molar-refractivity contribution in [3.8, 4) is 11.4 Å². The zero-order valence-corrected chi connectivity index (χ0v) is 13.6. The zero-order chi connectivity index (χ0) is 18.7. The van der Waals surface area contributed by atoms with Gasteiger partial charge in [-0.15, -0.1) is 0 Å². The molecule has 3 rings (SSSR count). The molecule has 5 nitrogen and oxygen atoms in total. The number of rotatable bonds is 4. The third-order valence-electron chi connectivity index (χ3n) is 3.65. The molecular weight excluding hydrogens is 347 g/mol. The lowest BCUT2D eigenvalue weighted by atomic mass is 9.97. The maximum atomic E-state index is 12.6. The number of benzene rings is 2. The van der Waals surface area contributed by atoms with Gasteiger partial charge in [-0.05, 0) is 11.1 Å². The van der Waals surface area contributed by atoms with Crippen LogP contribution in [0.15, 0.2) is 59.1 Å². The van der Waals surface area contributed by atoms with E-state index in [0.29, 0.717) is 5.56 Å². The van der Waals surface area contributed by atoms with Crippen LogP contribution in [-0.2, 0) is 11.0 Å². The first-order valence-corrected chi connectivity index (χ1v) is 7.68. The lowest BCUT2D eigenvalue weighted by Crippen LogP contribution is -2.26. The maximum absolute atomic E-state index is 12.6. The van der Waals surface area contributed by atoms with Crippen molar-refractivity contribution in [2.75, 3.05) is 0 Å². The van der Waals surface area contributed by atoms with E-state index in [4.69, 9.17) is 0 Å². The smallest absolute Gasteiger partial charge is 0.345 e. The molecule has 26 heavy (non-hydrogen) atoms. The molecule has 1 heterocycles. The summed E-state index contributed by atoms with van der Waals surface area (Å²) < 4.78 is 41.9. The van der Waals surface area contributed by atoms with Gasteiger partial charge in [0.15, 0.2) is 0 Å². The van der Waals surface area contributed by atoms with Crippen LogP contribution in [0.3, 0.4) is 0 Å². The second-order valence-electron chi connectivity index (χ2n) is 5.59. The van der Waals surface area contributed by atoms with Crippen LogP contribution < -0.4 is 5.32 Å². The predicted molar refractivity (Wildman–Crippen MR) is 86.8 cm³/mol. The topological polar surface area (TPSA) is 68.0 Å². The highest BCUT2D eigenvalue weighted by atomic mass is 19.4. The molecule has 1 amide bonds. The second kappa shape index (κ2) is 6.99. The van der Waals surface area contributed by atoms with Gasteiger partial charge in [-0.3, -0.25) is 4.79 Å². The van der Waals surface area contributed by atoms with Gasteiger partial charge in [0.25, 0.3) is 0 Å². The first-order valence-electron chi connectivity index (χ1n) is 7.68. The van der Waals surface area contributed by atoms with Gasteiger partial charge in [0.05, 0.1) is 6.04 Å². The number of carbonyl (C=O) groups excluding carboxylic acids is 1. The fourth-order valence-corrected chi connectivity index (χ4v) is 2.49. The molecule has 3 aromatic rings. The molecule has 1 aromatic heterocycles. The summed E-state index contributed by atoms with van der Waals surface area (Å²) in [6.45, 7) is 1.42. The van der Waals surface area contributed by atoms with Gasteiger partial charge in [0, 0.05) is 12.5 Å². The molecule has 0 fully saturated rings. The Morgan fingerprint density at radius 1 is 1.04 bits per heavy atom. The third-order valence-corrected chi connectivity index (χ3v) is 3.65. The molecule has 0 spiro atoms. The van der Waals surface area contributed by atoms with Crippen LogP contribution in [0.2, 0.25) is 0 Å². The van der Waals surface area contributed by atoms with Crippen molar-refractivity contribution in [3.05, 3.63) is 71.6 Å². The highest BCUT2D eigenvalue weighted by Crippen LogP contribution is 2.30. The number of hydrogen-bond acceptors (Lipinski definition) is 4. The Morgan fingerprint density at radius 2 is 1.65 bits per heavy atom. The molecule has 0 bridgehead atoms. The Labute approximate surface area is 146 Å². The van der Waals surface area contributed by atoms with E-state index >= 15 is 0 Å². The quantitative estimate of drug-likeness (QED) is 0.763. The van der Waals surface area contributed by atoms with Crippen LogP contribution in [-0.4, -0.2) is 16.0 Å². The molecule has 0 aliphatic rings. The van der Waals surface area contributed by atoms with E-state index in [2.05, 4.69) is 20.0 Å². The van der Waals surface area contributed by atoms with Crippen molar-refractivity contribution in [2.24, 2.45) is 0 Å². The third kappa shape index (κ3) is 3.90. The summed E-state index contributed by atoms with van der Waals surface area (Å²) in [4.78, 5) is 14.9. The fourth-order valence-electron chi connectivity index (χ4n) is 2.49.